The van der Waals surface area contributed by atoms with Crippen molar-refractivity contribution in [1.29, 1.82) is 0 Å². The Labute approximate surface area is 97.3 Å². The summed E-state index contributed by atoms with van der Waals surface area (Å²) in [4.78, 5) is 13.6. The maximum Gasteiger partial charge on any atom is 0.317 e. The Morgan fingerprint density at radius 3 is 2.62 bits per heavy atom. The van der Waals surface area contributed by atoms with Gasteiger partial charge in [-0.25, -0.2) is 4.79 Å². The van der Waals surface area contributed by atoms with Gasteiger partial charge in [0.1, 0.15) is 0 Å². The van der Waals surface area contributed by atoms with Crippen LogP contribution in [0.4, 0.5) is 4.79 Å². The fourth-order valence-corrected chi connectivity index (χ4v) is 1.67. The molecule has 1 fully saturated rings. The first-order chi connectivity index (χ1) is 7.55. The quantitative estimate of drug-likeness (QED) is 0.733. The number of hydrogen-bond donors (Lipinski definition) is 2. The molecule has 0 aliphatic carbocycles. The molecular formula is C11H23N3O2. The lowest BCUT2D eigenvalue weighted by molar-refractivity contribution is 0.0525. The Morgan fingerprint density at radius 2 is 2.06 bits per heavy atom. The van der Waals surface area contributed by atoms with Gasteiger partial charge >= 0.3 is 6.03 Å². The number of nitrogens with zero attached hydrogens (tertiary/aromatic N) is 1. The first-order valence-electron chi connectivity index (χ1n) is 5.86. The van der Waals surface area contributed by atoms with Crippen molar-refractivity contribution in [3.05, 3.63) is 0 Å². The highest BCUT2D eigenvalue weighted by Gasteiger charge is 2.21. The highest BCUT2D eigenvalue weighted by molar-refractivity contribution is 5.74. The van der Waals surface area contributed by atoms with E-state index in [1.807, 2.05) is 0 Å². The maximum atomic E-state index is 11.8. The molecule has 0 unspecified atom stereocenters. The van der Waals surface area contributed by atoms with Crippen molar-refractivity contribution in [3.63, 3.8) is 0 Å². The number of morpholine rings is 1. The lowest BCUT2D eigenvalue weighted by atomic mass is 9.89. The second kappa shape index (κ2) is 6.06. The Kier molecular flexibility index (Phi) is 5.02. The van der Waals surface area contributed by atoms with E-state index in [0.29, 0.717) is 39.4 Å². The first kappa shape index (κ1) is 13.3. The normalized spacial score (nSPS) is 17.3. The zero-order valence-electron chi connectivity index (χ0n) is 10.3. The third-order valence-electron chi connectivity index (χ3n) is 2.84. The van der Waals surface area contributed by atoms with Crippen LogP contribution < -0.4 is 11.1 Å². The first-order valence-corrected chi connectivity index (χ1v) is 5.86. The molecule has 1 heterocycles. The van der Waals surface area contributed by atoms with Crippen molar-refractivity contribution in [2.45, 2.75) is 20.3 Å². The molecule has 0 bridgehead atoms. The number of urea groups is 1. The molecule has 0 aromatic heterocycles. The van der Waals surface area contributed by atoms with E-state index in [0.717, 1.165) is 6.42 Å². The van der Waals surface area contributed by atoms with Crippen LogP contribution in [0.2, 0.25) is 0 Å². The van der Waals surface area contributed by atoms with Crippen LogP contribution in [0.5, 0.6) is 0 Å². The van der Waals surface area contributed by atoms with E-state index in [2.05, 4.69) is 19.2 Å². The maximum absolute atomic E-state index is 11.8. The molecule has 1 aliphatic rings. The fourth-order valence-electron chi connectivity index (χ4n) is 1.67. The van der Waals surface area contributed by atoms with Gasteiger partial charge in [0.25, 0.3) is 0 Å². The molecule has 5 heteroatoms. The molecule has 5 nitrogen and oxygen atoms in total. The summed E-state index contributed by atoms with van der Waals surface area (Å²) in [6.07, 6.45) is 0.913. The van der Waals surface area contributed by atoms with Crippen LogP contribution in [-0.2, 0) is 4.74 Å². The van der Waals surface area contributed by atoms with Crippen LogP contribution in [0.25, 0.3) is 0 Å². The van der Waals surface area contributed by atoms with Crippen molar-refractivity contribution in [2.75, 3.05) is 39.4 Å². The summed E-state index contributed by atoms with van der Waals surface area (Å²) in [5.41, 5.74) is 5.59. The van der Waals surface area contributed by atoms with E-state index in [-0.39, 0.29) is 11.4 Å². The molecule has 3 N–H and O–H groups in total. The lowest BCUT2D eigenvalue weighted by Gasteiger charge is -2.30. The van der Waals surface area contributed by atoms with Gasteiger partial charge in [-0.15, -0.1) is 0 Å². The second-order valence-corrected chi connectivity index (χ2v) is 4.96. The standard InChI is InChI=1S/C11H23N3O2/c1-11(2,3-4-12)9-13-10(15)14-5-7-16-8-6-14/h3-9,12H2,1-2H3,(H,13,15). The number of amides is 2. The summed E-state index contributed by atoms with van der Waals surface area (Å²) in [5, 5.41) is 2.95. The van der Waals surface area contributed by atoms with Gasteiger partial charge in [0.15, 0.2) is 0 Å². The predicted octanol–water partition coefficient (Wildman–Crippen LogP) is 0.403. The van der Waals surface area contributed by atoms with Crippen LogP contribution >= 0.6 is 0 Å². The largest absolute Gasteiger partial charge is 0.378 e. The Bertz CT molecular complexity index is 225. The summed E-state index contributed by atoms with van der Waals surface area (Å²) in [6.45, 7) is 8.19. The SMILES string of the molecule is CC(C)(CCN)CNC(=O)N1CCOCC1. The topological polar surface area (TPSA) is 67.6 Å². The van der Waals surface area contributed by atoms with E-state index in [4.69, 9.17) is 10.5 Å². The monoisotopic (exact) mass is 229 g/mol. The van der Waals surface area contributed by atoms with Gasteiger partial charge in [0.05, 0.1) is 13.2 Å². The molecule has 1 rings (SSSR count). The molecule has 0 saturated carbocycles. The Morgan fingerprint density at radius 1 is 1.44 bits per heavy atom. The predicted molar refractivity (Wildman–Crippen MR) is 63.2 cm³/mol. The van der Waals surface area contributed by atoms with E-state index >= 15 is 0 Å². The van der Waals surface area contributed by atoms with Crippen molar-refractivity contribution >= 4 is 6.03 Å². The minimum Gasteiger partial charge on any atom is -0.378 e. The number of nitrogens with one attached hydrogen (secondary N) is 1. The molecule has 1 aliphatic heterocycles. The number of ether oxygens (including phenoxy) is 1. The number of carbonyl (C=O) groups excluding carboxylic acids is 1. The summed E-state index contributed by atoms with van der Waals surface area (Å²) < 4.78 is 5.20. The average molecular weight is 229 g/mol. The van der Waals surface area contributed by atoms with E-state index < -0.39 is 0 Å². The van der Waals surface area contributed by atoms with Gasteiger partial charge in [-0.05, 0) is 18.4 Å². The smallest absolute Gasteiger partial charge is 0.317 e. The molecule has 0 radical (unpaired) electrons. The molecule has 0 aromatic carbocycles. The van der Waals surface area contributed by atoms with E-state index in [9.17, 15) is 4.79 Å². The van der Waals surface area contributed by atoms with Crippen molar-refractivity contribution in [1.82, 2.24) is 10.2 Å². The number of carbonyl (C=O) groups is 1. The Balaban J connectivity index is 2.28. The van der Waals surface area contributed by atoms with Crippen LogP contribution in [0.1, 0.15) is 20.3 Å². The van der Waals surface area contributed by atoms with Crippen molar-refractivity contribution < 1.29 is 9.53 Å². The molecule has 1 saturated heterocycles. The lowest BCUT2D eigenvalue weighted by Crippen LogP contribution is -2.48. The number of nitrogens with two attached hydrogens (primary N) is 1. The van der Waals surface area contributed by atoms with Gasteiger partial charge < -0.3 is 20.7 Å². The molecule has 94 valence electrons. The van der Waals surface area contributed by atoms with Gasteiger partial charge in [-0.2, -0.15) is 0 Å². The van der Waals surface area contributed by atoms with E-state index in [1.165, 1.54) is 0 Å². The molecular weight excluding hydrogens is 206 g/mol. The van der Waals surface area contributed by atoms with Gasteiger partial charge in [0, 0.05) is 19.6 Å². The summed E-state index contributed by atoms with van der Waals surface area (Å²) >= 11 is 0. The third kappa shape index (κ3) is 4.37. The minimum absolute atomic E-state index is 0.00777. The highest BCUT2D eigenvalue weighted by atomic mass is 16.5. The van der Waals surface area contributed by atoms with Crippen LogP contribution in [0.3, 0.4) is 0 Å². The molecule has 16 heavy (non-hydrogen) atoms. The zero-order chi connectivity index (χ0) is 12.0. The minimum atomic E-state index is 0.00777. The van der Waals surface area contributed by atoms with Gasteiger partial charge in [-0.3, -0.25) is 0 Å². The van der Waals surface area contributed by atoms with Crippen LogP contribution in [0.15, 0.2) is 0 Å². The fraction of sp³-hybridized carbons (Fsp3) is 0.909. The Hall–Kier alpha value is -0.810. The second-order valence-electron chi connectivity index (χ2n) is 4.96. The van der Waals surface area contributed by atoms with Crippen LogP contribution in [0, 0.1) is 5.41 Å². The van der Waals surface area contributed by atoms with Crippen molar-refractivity contribution in [3.8, 4) is 0 Å². The average Bonchev–Trinajstić information content (AvgIpc) is 2.27. The van der Waals surface area contributed by atoms with Crippen molar-refractivity contribution in [2.24, 2.45) is 11.1 Å². The van der Waals surface area contributed by atoms with Gasteiger partial charge in [-0.1, -0.05) is 13.8 Å². The van der Waals surface area contributed by atoms with E-state index in [1.54, 1.807) is 4.90 Å². The molecule has 0 aromatic rings. The highest BCUT2D eigenvalue weighted by Crippen LogP contribution is 2.17. The molecule has 0 atom stereocenters. The summed E-state index contributed by atoms with van der Waals surface area (Å²) in [7, 11) is 0. The third-order valence-corrected chi connectivity index (χ3v) is 2.84. The molecule has 0 spiro atoms. The summed E-state index contributed by atoms with van der Waals surface area (Å²) in [6, 6.07) is 0.00777. The number of hydrogen-bond acceptors (Lipinski definition) is 3. The number of rotatable bonds is 4. The van der Waals surface area contributed by atoms with Crippen LogP contribution in [-0.4, -0.2) is 50.3 Å². The summed E-state index contributed by atoms with van der Waals surface area (Å²) in [5.74, 6) is 0. The molecule has 2 amide bonds. The van der Waals surface area contributed by atoms with Gasteiger partial charge in [0.2, 0.25) is 0 Å². The zero-order valence-corrected chi connectivity index (χ0v) is 10.3.